The average molecular weight is 214 g/mol. The summed E-state index contributed by atoms with van der Waals surface area (Å²) >= 11 is 0. The molecule has 0 unspecified atom stereocenters. The van der Waals surface area contributed by atoms with Crippen molar-refractivity contribution in [3.05, 3.63) is 30.3 Å². The van der Waals surface area contributed by atoms with Gasteiger partial charge in [-0.05, 0) is 31.4 Å². The van der Waals surface area contributed by atoms with Crippen LogP contribution in [0.3, 0.4) is 0 Å². The highest BCUT2D eigenvalue weighted by molar-refractivity contribution is 5.99. The summed E-state index contributed by atoms with van der Waals surface area (Å²) in [5.41, 5.74) is 0.0824. The first-order valence-corrected chi connectivity index (χ1v) is 5.44. The van der Waals surface area contributed by atoms with Gasteiger partial charge >= 0.3 is 0 Å². The van der Waals surface area contributed by atoms with Gasteiger partial charge in [-0.25, -0.2) is 0 Å². The Labute approximate surface area is 95.3 Å². The standard InChI is InChI=1S/C13H14N2O/c1-15(11-6-3-2-4-7-11)12(16)13(10-14)8-5-9-13/h2-4,6-7H,5,8-9H2,1H3. The van der Waals surface area contributed by atoms with Crippen LogP contribution in [0.25, 0.3) is 0 Å². The van der Waals surface area contributed by atoms with Crippen LogP contribution >= 0.6 is 0 Å². The monoisotopic (exact) mass is 214 g/mol. The van der Waals surface area contributed by atoms with Crippen molar-refractivity contribution in [3.63, 3.8) is 0 Å². The lowest BCUT2D eigenvalue weighted by atomic mass is 9.69. The van der Waals surface area contributed by atoms with Gasteiger partial charge in [-0.3, -0.25) is 4.79 Å². The molecule has 0 N–H and O–H groups in total. The van der Waals surface area contributed by atoms with Gasteiger partial charge < -0.3 is 4.90 Å². The Bertz CT molecular complexity index is 429. The number of carbonyl (C=O) groups excluding carboxylic acids is 1. The third kappa shape index (κ3) is 1.57. The molecule has 0 aromatic heterocycles. The molecule has 0 radical (unpaired) electrons. The first-order chi connectivity index (χ1) is 7.69. The Kier molecular flexibility index (Phi) is 2.66. The zero-order chi connectivity index (χ0) is 11.6. The zero-order valence-electron chi connectivity index (χ0n) is 9.31. The van der Waals surface area contributed by atoms with Crippen molar-refractivity contribution in [3.8, 4) is 6.07 Å². The minimum atomic E-state index is -0.759. The highest BCUT2D eigenvalue weighted by Crippen LogP contribution is 2.42. The van der Waals surface area contributed by atoms with E-state index in [-0.39, 0.29) is 5.91 Å². The highest BCUT2D eigenvalue weighted by Gasteiger charge is 2.46. The quantitative estimate of drug-likeness (QED) is 0.758. The summed E-state index contributed by atoms with van der Waals surface area (Å²) in [5, 5.41) is 9.11. The molecular weight excluding hydrogens is 200 g/mol. The van der Waals surface area contributed by atoms with E-state index in [9.17, 15) is 4.79 Å². The van der Waals surface area contributed by atoms with E-state index in [0.29, 0.717) is 12.8 Å². The van der Waals surface area contributed by atoms with Crippen molar-refractivity contribution in [1.82, 2.24) is 0 Å². The summed E-state index contributed by atoms with van der Waals surface area (Å²) in [6.07, 6.45) is 2.36. The molecule has 0 bridgehead atoms. The maximum Gasteiger partial charge on any atom is 0.247 e. The second kappa shape index (κ2) is 3.97. The van der Waals surface area contributed by atoms with Crippen molar-refractivity contribution < 1.29 is 4.79 Å². The van der Waals surface area contributed by atoms with E-state index in [4.69, 9.17) is 5.26 Å². The number of benzene rings is 1. The fourth-order valence-corrected chi connectivity index (χ4v) is 1.99. The lowest BCUT2D eigenvalue weighted by molar-refractivity contribution is -0.128. The largest absolute Gasteiger partial charge is 0.314 e. The number of hydrogen-bond donors (Lipinski definition) is 0. The molecule has 16 heavy (non-hydrogen) atoms. The molecule has 1 aliphatic rings. The van der Waals surface area contributed by atoms with Crippen LogP contribution in [-0.4, -0.2) is 13.0 Å². The van der Waals surface area contributed by atoms with Gasteiger partial charge in [0.25, 0.3) is 0 Å². The third-order valence-corrected chi connectivity index (χ3v) is 3.28. The van der Waals surface area contributed by atoms with Gasteiger partial charge in [0.1, 0.15) is 5.41 Å². The number of nitrogens with zero attached hydrogens (tertiary/aromatic N) is 2. The Balaban J connectivity index is 2.20. The molecule has 1 aliphatic carbocycles. The van der Waals surface area contributed by atoms with Gasteiger partial charge in [-0.1, -0.05) is 18.2 Å². The first kappa shape index (κ1) is 10.7. The predicted molar refractivity (Wildman–Crippen MR) is 61.7 cm³/mol. The molecule has 1 fully saturated rings. The summed E-state index contributed by atoms with van der Waals surface area (Å²) in [5.74, 6) is -0.0764. The van der Waals surface area contributed by atoms with Crippen LogP contribution in [-0.2, 0) is 4.79 Å². The van der Waals surface area contributed by atoms with E-state index in [2.05, 4.69) is 6.07 Å². The van der Waals surface area contributed by atoms with Gasteiger partial charge in [0.05, 0.1) is 6.07 Å². The number of rotatable bonds is 2. The van der Waals surface area contributed by atoms with E-state index < -0.39 is 5.41 Å². The van der Waals surface area contributed by atoms with Gasteiger partial charge in [-0.15, -0.1) is 0 Å². The minimum absolute atomic E-state index is 0.0764. The van der Waals surface area contributed by atoms with E-state index >= 15 is 0 Å². The predicted octanol–water partition coefficient (Wildman–Crippen LogP) is 2.34. The van der Waals surface area contributed by atoms with Crippen LogP contribution in [0.15, 0.2) is 30.3 Å². The SMILES string of the molecule is CN(C(=O)C1(C#N)CCC1)c1ccccc1. The van der Waals surface area contributed by atoms with Crippen molar-refractivity contribution in [1.29, 1.82) is 5.26 Å². The maximum absolute atomic E-state index is 12.2. The van der Waals surface area contributed by atoms with E-state index in [1.54, 1.807) is 11.9 Å². The van der Waals surface area contributed by atoms with Crippen molar-refractivity contribution in [2.45, 2.75) is 19.3 Å². The fourth-order valence-electron chi connectivity index (χ4n) is 1.99. The van der Waals surface area contributed by atoms with Crippen LogP contribution in [0.4, 0.5) is 5.69 Å². The summed E-state index contributed by atoms with van der Waals surface area (Å²) < 4.78 is 0. The summed E-state index contributed by atoms with van der Waals surface area (Å²) in [6, 6.07) is 11.6. The molecule has 82 valence electrons. The topological polar surface area (TPSA) is 44.1 Å². The van der Waals surface area contributed by atoms with Gasteiger partial charge in [-0.2, -0.15) is 5.26 Å². The van der Waals surface area contributed by atoms with E-state index in [1.807, 2.05) is 30.3 Å². The van der Waals surface area contributed by atoms with Crippen LogP contribution in [0.2, 0.25) is 0 Å². The molecule has 0 saturated heterocycles. The van der Waals surface area contributed by atoms with Crippen molar-refractivity contribution in [2.24, 2.45) is 5.41 Å². The molecule has 2 rings (SSSR count). The normalized spacial score (nSPS) is 17.0. The molecule has 1 aromatic rings. The number of hydrogen-bond acceptors (Lipinski definition) is 2. The molecule has 0 aliphatic heterocycles. The van der Waals surface area contributed by atoms with Crippen LogP contribution in [0, 0.1) is 16.7 Å². The van der Waals surface area contributed by atoms with Crippen molar-refractivity contribution in [2.75, 3.05) is 11.9 Å². The minimum Gasteiger partial charge on any atom is -0.314 e. The molecule has 0 spiro atoms. The van der Waals surface area contributed by atoms with E-state index in [0.717, 1.165) is 12.1 Å². The van der Waals surface area contributed by atoms with Crippen LogP contribution < -0.4 is 4.90 Å². The number of amides is 1. The van der Waals surface area contributed by atoms with Crippen LogP contribution in [0.1, 0.15) is 19.3 Å². The molecule has 1 amide bonds. The molecule has 1 aromatic carbocycles. The molecule has 0 atom stereocenters. The lowest BCUT2D eigenvalue weighted by Crippen LogP contribution is -2.45. The number of nitriles is 1. The fraction of sp³-hybridized carbons (Fsp3) is 0.385. The van der Waals surface area contributed by atoms with E-state index in [1.165, 1.54) is 0 Å². The second-order valence-electron chi connectivity index (χ2n) is 4.25. The van der Waals surface area contributed by atoms with Gasteiger partial charge in [0.2, 0.25) is 5.91 Å². The number of anilines is 1. The zero-order valence-corrected chi connectivity index (χ0v) is 9.31. The van der Waals surface area contributed by atoms with Crippen molar-refractivity contribution >= 4 is 11.6 Å². The molecule has 3 heteroatoms. The maximum atomic E-state index is 12.2. The lowest BCUT2D eigenvalue weighted by Gasteiger charge is -2.36. The average Bonchev–Trinajstić information content (AvgIpc) is 2.28. The second-order valence-corrected chi connectivity index (χ2v) is 4.25. The summed E-state index contributed by atoms with van der Waals surface area (Å²) in [4.78, 5) is 13.8. The number of para-hydroxylation sites is 1. The Morgan fingerprint density at radius 3 is 2.44 bits per heavy atom. The molecular formula is C13H14N2O. The summed E-state index contributed by atoms with van der Waals surface area (Å²) in [7, 11) is 1.73. The molecule has 3 nitrogen and oxygen atoms in total. The highest BCUT2D eigenvalue weighted by atomic mass is 16.2. The summed E-state index contributed by atoms with van der Waals surface area (Å²) in [6.45, 7) is 0. The van der Waals surface area contributed by atoms with Gasteiger partial charge in [0, 0.05) is 12.7 Å². The Morgan fingerprint density at radius 2 is 2.00 bits per heavy atom. The Hall–Kier alpha value is -1.82. The molecule has 1 saturated carbocycles. The first-order valence-electron chi connectivity index (χ1n) is 5.44. The van der Waals surface area contributed by atoms with Crippen LogP contribution in [0.5, 0.6) is 0 Å². The third-order valence-electron chi connectivity index (χ3n) is 3.28. The number of carbonyl (C=O) groups is 1. The molecule has 0 heterocycles. The Morgan fingerprint density at radius 1 is 1.38 bits per heavy atom. The smallest absolute Gasteiger partial charge is 0.247 e. The van der Waals surface area contributed by atoms with Gasteiger partial charge in [0.15, 0.2) is 0 Å².